The van der Waals surface area contributed by atoms with Gasteiger partial charge in [-0.2, -0.15) is 13.2 Å². The van der Waals surface area contributed by atoms with Gasteiger partial charge in [-0.25, -0.2) is 0 Å². The molecule has 6 nitrogen and oxygen atoms in total. The first-order chi connectivity index (χ1) is 14.4. The third-order valence-corrected chi connectivity index (χ3v) is 5.83. The van der Waals surface area contributed by atoms with Crippen LogP contribution in [0.2, 0.25) is 0 Å². The predicted octanol–water partition coefficient (Wildman–Crippen LogP) is 2.78. The highest BCUT2D eigenvalue weighted by Crippen LogP contribution is 2.25. The normalized spacial score (nSPS) is 20.3. The van der Waals surface area contributed by atoms with Crippen molar-refractivity contribution in [2.75, 3.05) is 59.5 Å². The van der Waals surface area contributed by atoms with E-state index in [2.05, 4.69) is 39.5 Å². The molecule has 0 bridgehead atoms. The van der Waals surface area contributed by atoms with Gasteiger partial charge in [0, 0.05) is 59.4 Å². The molecule has 0 amide bonds. The summed E-state index contributed by atoms with van der Waals surface area (Å²) in [5.41, 5.74) is 2.42. The third kappa shape index (κ3) is 7.76. The summed E-state index contributed by atoms with van der Waals surface area (Å²) < 4.78 is 44.2. The molecule has 2 aliphatic rings. The highest BCUT2D eigenvalue weighted by molar-refractivity contribution is 14.0. The molecular weight excluding hydrogens is 522 g/mol. The highest BCUT2D eigenvalue weighted by atomic mass is 127. The van der Waals surface area contributed by atoms with Crippen LogP contribution in [0.15, 0.2) is 29.3 Å². The molecule has 0 aliphatic carbocycles. The van der Waals surface area contributed by atoms with Gasteiger partial charge >= 0.3 is 6.18 Å². The number of ether oxygens (including phenoxy) is 1. The van der Waals surface area contributed by atoms with E-state index < -0.39 is 12.2 Å². The number of nitrogens with one attached hydrogen (secondary N) is 1. The number of guanidine groups is 1. The second kappa shape index (κ2) is 12.2. The Morgan fingerprint density at radius 1 is 1.03 bits per heavy atom. The van der Waals surface area contributed by atoms with Gasteiger partial charge in [0.1, 0.15) is 6.04 Å². The molecule has 3 rings (SSSR count). The molecule has 1 aromatic carbocycles. The summed E-state index contributed by atoms with van der Waals surface area (Å²) in [5.74, 6) is 0.728. The van der Waals surface area contributed by atoms with Crippen molar-refractivity contribution >= 4 is 29.9 Å². The number of aliphatic imine (C=N–C) groups is 1. The molecule has 1 aromatic rings. The summed E-state index contributed by atoms with van der Waals surface area (Å²) in [4.78, 5) is 10.2. The molecule has 0 saturated carbocycles. The van der Waals surface area contributed by atoms with Crippen molar-refractivity contribution in [1.82, 2.24) is 20.0 Å². The summed E-state index contributed by atoms with van der Waals surface area (Å²) in [6.45, 7) is 8.11. The molecule has 1 atom stereocenters. The molecule has 10 heteroatoms. The molecule has 0 aromatic heterocycles. The third-order valence-electron chi connectivity index (χ3n) is 5.83. The number of nitrogens with zero attached hydrogens (tertiary/aromatic N) is 4. The first kappa shape index (κ1) is 26.1. The van der Waals surface area contributed by atoms with E-state index in [0.29, 0.717) is 32.7 Å². The van der Waals surface area contributed by atoms with E-state index in [-0.39, 0.29) is 24.0 Å². The van der Waals surface area contributed by atoms with Crippen LogP contribution in [0.5, 0.6) is 0 Å². The van der Waals surface area contributed by atoms with Crippen LogP contribution < -0.4 is 5.32 Å². The lowest BCUT2D eigenvalue weighted by atomic mass is 10.1. The topological polar surface area (TPSA) is 43.3 Å². The standard InChI is InChI=1S/C21H32F3N5O.HI/c1-17(21(22,23)24)28-7-9-29(10-8-28)20(25-2)26-15-18-3-5-19(6-4-18)16-27-11-13-30-14-12-27;/h3-6,17H,7-16H2,1-2H3,(H,25,26);1H. The van der Waals surface area contributed by atoms with Crippen LogP contribution in [0.4, 0.5) is 13.2 Å². The van der Waals surface area contributed by atoms with Gasteiger partial charge in [0.2, 0.25) is 0 Å². The lowest BCUT2D eigenvalue weighted by Crippen LogP contribution is -2.56. The van der Waals surface area contributed by atoms with Gasteiger partial charge in [0.05, 0.1) is 13.2 Å². The largest absolute Gasteiger partial charge is 0.403 e. The summed E-state index contributed by atoms with van der Waals surface area (Å²) in [6.07, 6.45) is -4.18. The van der Waals surface area contributed by atoms with Crippen molar-refractivity contribution < 1.29 is 17.9 Å². The molecule has 0 radical (unpaired) electrons. The van der Waals surface area contributed by atoms with Crippen LogP contribution in [-0.4, -0.2) is 92.4 Å². The Hall–Kier alpha value is -1.11. The first-order valence-corrected chi connectivity index (χ1v) is 10.5. The molecule has 176 valence electrons. The van der Waals surface area contributed by atoms with Crippen LogP contribution in [0.1, 0.15) is 18.1 Å². The number of morpholine rings is 1. The van der Waals surface area contributed by atoms with Gasteiger partial charge in [-0.05, 0) is 18.1 Å². The Balaban J connectivity index is 0.00000341. The maximum atomic E-state index is 12.9. The number of rotatable bonds is 5. The molecule has 1 N–H and O–H groups in total. The molecule has 2 fully saturated rings. The fraction of sp³-hybridized carbons (Fsp3) is 0.667. The fourth-order valence-corrected chi connectivity index (χ4v) is 3.82. The predicted molar refractivity (Wildman–Crippen MR) is 127 cm³/mol. The molecule has 2 saturated heterocycles. The second-order valence-corrected chi connectivity index (χ2v) is 7.85. The highest BCUT2D eigenvalue weighted by Gasteiger charge is 2.41. The van der Waals surface area contributed by atoms with E-state index in [1.54, 1.807) is 7.05 Å². The molecule has 31 heavy (non-hydrogen) atoms. The lowest BCUT2D eigenvalue weighted by molar-refractivity contribution is -0.181. The van der Waals surface area contributed by atoms with Crippen molar-refractivity contribution in [2.45, 2.75) is 32.2 Å². The SMILES string of the molecule is CN=C(NCc1ccc(CN2CCOCC2)cc1)N1CCN(C(C)C(F)(F)F)CC1.I. The van der Waals surface area contributed by atoms with E-state index in [0.717, 1.165) is 44.4 Å². The average molecular weight is 555 g/mol. The van der Waals surface area contributed by atoms with Gasteiger partial charge < -0.3 is 15.0 Å². The number of halogens is 4. The monoisotopic (exact) mass is 555 g/mol. The molecular formula is C21H33F3IN5O. The summed E-state index contributed by atoms with van der Waals surface area (Å²) in [5, 5.41) is 3.34. The maximum Gasteiger partial charge on any atom is 0.403 e. The van der Waals surface area contributed by atoms with Crippen LogP contribution >= 0.6 is 24.0 Å². The van der Waals surface area contributed by atoms with Gasteiger partial charge in [-0.15, -0.1) is 24.0 Å². The number of hydrogen-bond donors (Lipinski definition) is 1. The fourth-order valence-electron chi connectivity index (χ4n) is 3.82. The van der Waals surface area contributed by atoms with Gasteiger partial charge in [0.25, 0.3) is 0 Å². The van der Waals surface area contributed by atoms with E-state index in [9.17, 15) is 13.2 Å². The Morgan fingerprint density at radius 2 is 1.61 bits per heavy atom. The van der Waals surface area contributed by atoms with Crippen molar-refractivity contribution in [2.24, 2.45) is 4.99 Å². The zero-order valence-electron chi connectivity index (χ0n) is 18.2. The van der Waals surface area contributed by atoms with Crippen molar-refractivity contribution in [3.8, 4) is 0 Å². The molecule has 0 spiro atoms. The number of benzene rings is 1. The smallest absolute Gasteiger partial charge is 0.379 e. The Bertz CT molecular complexity index is 687. The van der Waals surface area contributed by atoms with Gasteiger partial charge in [-0.1, -0.05) is 24.3 Å². The number of hydrogen-bond acceptors (Lipinski definition) is 4. The summed E-state index contributed by atoms with van der Waals surface area (Å²) in [6, 6.07) is 7.10. The van der Waals surface area contributed by atoms with E-state index in [1.165, 1.54) is 17.4 Å². The van der Waals surface area contributed by atoms with Crippen LogP contribution in [-0.2, 0) is 17.8 Å². The second-order valence-electron chi connectivity index (χ2n) is 7.85. The quantitative estimate of drug-likeness (QED) is 0.344. The number of piperazine rings is 1. The minimum absolute atomic E-state index is 0. The van der Waals surface area contributed by atoms with Crippen molar-refractivity contribution in [1.29, 1.82) is 0 Å². The average Bonchev–Trinajstić information content (AvgIpc) is 2.75. The lowest BCUT2D eigenvalue weighted by Gasteiger charge is -2.39. The molecule has 2 aliphatic heterocycles. The first-order valence-electron chi connectivity index (χ1n) is 10.5. The molecule has 1 unspecified atom stereocenters. The van der Waals surface area contributed by atoms with Crippen LogP contribution in [0.25, 0.3) is 0 Å². The van der Waals surface area contributed by atoms with Crippen LogP contribution in [0.3, 0.4) is 0 Å². The van der Waals surface area contributed by atoms with Crippen molar-refractivity contribution in [3.63, 3.8) is 0 Å². The van der Waals surface area contributed by atoms with Crippen molar-refractivity contribution in [3.05, 3.63) is 35.4 Å². The Labute approximate surface area is 199 Å². The van der Waals surface area contributed by atoms with E-state index in [1.807, 2.05) is 4.90 Å². The zero-order valence-corrected chi connectivity index (χ0v) is 20.5. The molecule has 2 heterocycles. The van der Waals surface area contributed by atoms with E-state index >= 15 is 0 Å². The summed E-state index contributed by atoms with van der Waals surface area (Å²) >= 11 is 0. The Morgan fingerprint density at radius 3 is 2.16 bits per heavy atom. The Kier molecular flexibility index (Phi) is 10.3. The van der Waals surface area contributed by atoms with Gasteiger partial charge in [0.15, 0.2) is 5.96 Å². The van der Waals surface area contributed by atoms with Crippen LogP contribution in [0, 0.1) is 0 Å². The minimum atomic E-state index is -4.18. The maximum absolute atomic E-state index is 12.9. The van der Waals surface area contributed by atoms with E-state index in [4.69, 9.17) is 4.74 Å². The van der Waals surface area contributed by atoms with Gasteiger partial charge in [-0.3, -0.25) is 14.8 Å². The summed E-state index contributed by atoms with van der Waals surface area (Å²) in [7, 11) is 1.71. The number of alkyl halides is 3. The zero-order chi connectivity index (χ0) is 21.6. The minimum Gasteiger partial charge on any atom is -0.379 e.